The molecular formula is C10H7NO2. The van der Waals surface area contributed by atoms with Crippen LogP contribution in [0.2, 0.25) is 0 Å². The van der Waals surface area contributed by atoms with Gasteiger partial charge in [-0.2, -0.15) is 0 Å². The maximum Gasteiger partial charge on any atom is 0.268 e. The highest BCUT2D eigenvalue weighted by Gasteiger charge is 2.09. The summed E-state index contributed by atoms with van der Waals surface area (Å²) in [4.78, 5) is 15.1. The van der Waals surface area contributed by atoms with E-state index in [1.54, 1.807) is 12.1 Å². The Kier molecular flexibility index (Phi) is 1.70. The molecule has 1 aromatic carbocycles. The Bertz CT molecular complexity index is 437. The second kappa shape index (κ2) is 2.86. The van der Waals surface area contributed by atoms with Crippen molar-refractivity contribution in [3.8, 4) is 0 Å². The molecule has 0 fully saturated rings. The van der Waals surface area contributed by atoms with E-state index in [1.165, 1.54) is 6.08 Å². The fraction of sp³-hybridized carbons (Fsp3) is 0. The van der Waals surface area contributed by atoms with E-state index in [2.05, 4.69) is 11.6 Å². The summed E-state index contributed by atoms with van der Waals surface area (Å²) < 4.78 is 5.19. The lowest BCUT2D eigenvalue weighted by molar-refractivity contribution is 0.101. The summed E-state index contributed by atoms with van der Waals surface area (Å²) in [5.41, 5.74) is 1.31. The van der Waals surface area contributed by atoms with E-state index in [0.29, 0.717) is 11.1 Å². The number of hydrogen-bond acceptors (Lipinski definition) is 3. The minimum Gasteiger partial charge on any atom is -0.433 e. The Morgan fingerprint density at radius 3 is 2.92 bits per heavy atom. The molecule has 0 bridgehead atoms. The fourth-order valence-electron chi connectivity index (χ4n) is 1.06. The van der Waals surface area contributed by atoms with Gasteiger partial charge in [-0.25, -0.2) is 4.98 Å². The van der Waals surface area contributed by atoms with Gasteiger partial charge in [-0.05, 0) is 18.2 Å². The number of aromatic nitrogens is 1. The molecule has 0 saturated heterocycles. The first-order valence-corrected chi connectivity index (χ1v) is 3.83. The highest BCUT2D eigenvalue weighted by Crippen LogP contribution is 2.14. The lowest BCUT2D eigenvalue weighted by Crippen LogP contribution is -1.92. The second-order valence-corrected chi connectivity index (χ2v) is 2.56. The van der Waals surface area contributed by atoms with Gasteiger partial charge < -0.3 is 4.42 Å². The average molecular weight is 173 g/mol. The molecule has 0 saturated carbocycles. The molecule has 0 unspecified atom stereocenters. The van der Waals surface area contributed by atoms with Crippen LogP contribution < -0.4 is 0 Å². The van der Waals surface area contributed by atoms with Gasteiger partial charge >= 0.3 is 0 Å². The summed E-state index contributed by atoms with van der Waals surface area (Å²) in [5.74, 6) is -0.201. The zero-order valence-electron chi connectivity index (χ0n) is 6.86. The number of para-hydroxylation sites is 2. The summed E-state index contributed by atoms with van der Waals surface area (Å²) in [6, 6.07) is 7.23. The highest BCUT2D eigenvalue weighted by molar-refractivity contribution is 6.01. The Labute approximate surface area is 74.7 Å². The first kappa shape index (κ1) is 7.73. The lowest BCUT2D eigenvalue weighted by atomic mass is 10.3. The number of fused-ring (bicyclic) bond motifs is 1. The van der Waals surface area contributed by atoms with Crippen molar-refractivity contribution in [2.24, 2.45) is 0 Å². The van der Waals surface area contributed by atoms with E-state index in [4.69, 9.17) is 4.42 Å². The van der Waals surface area contributed by atoms with Crippen LogP contribution in [0.1, 0.15) is 10.7 Å². The van der Waals surface area contributed by atoms with Crippen molar-refractivity contribution < 1.29 is 9.21 Å². The summed E-state index contributed by atoms with van der Waals surface area (Å²) in [6.45, 7) is 3.36. The Morgan fingerprint density at radius 2 is 2.23 bits per heavy atom. The van der Waals surface area contributed by atoms with Gasteiger partial charge in [0.1, 0.15) is 5.52 Å². The van der Waals surface area contributed by atoms with Gasteiger partial charge in [0, 0.05) is 0 Å². The van der Waals surface area contributed by atoms with Crippen molar-refractivity contribution in [1.82, 2.24) is 4.98 Å². The second-order valence-electron chi connectivity index (χ2n) is 2.56. The number of hydrogen-bond donors (Lipinski definition) is 0. The van der Waals surface area contributed by atoms with Crippen LogP contribution >= 0.6 is 0 Å². The number of carbonyl (C=O) groups excluding carboxylic acids is 1. The smallest absolute Gasteiger partial charge is 0.268 e. The molecule has 0 N–H and O–H groups in total. The first-order valence-electron chi connectivity index (χ1n) is 3.83. The number of ketones is 1. The summed E-state index contributed by atoms with van der Waals surface area (Å²) >= 11 is 0. The molecular weight excluding hydrogens is 166 g/mol. The SMILES string of the molecule is C=CC(=O)c1nc2ccccc2o1. The lowest BCUT2D eigenvalue weighted by Gasteiger charge is -1.82. The predicted molar refractivity (Wildman–Crippen MR) is 48.5 cm³/mol. The number of rotatable bonds is 2. The number of carbonyl (C=O) groups is 1. The largest absolute Gasteiger partial charge is 0.433 e. The molecule has 0 spiro atoms. The monoisotopic (exact) mass is 173 g/mol. The summed E-state index contributed by atoms with van der Waals surface area (Å²) in [6.07, 6.45) is 1.19. The minimum absolute atomic E-state index is 0.0937. The van der Waals surface area contributed by atoms with Crippen LogP contribution in [0, 0.1) is 0 Å². The van der Waals surface area contributed by atoms with E-state index in [1.807, 2.05) is 12.1 Å². The Balaban J connectivity index is 2.62. The molecule has 3 heteroatoms. The molecule has 13 heavy (non-hydrogen) atoms. The molecule has 2 aromatic rings. The van der Waals surface area contributed by atoms with Crippen LogP contribution in [-0.2, 0) is 0 Å². The summed E-state index contributed by atoms with van der Waals surface area (Å²) in [7, 11) is 0. The zero-order valence-corrected chi connectivity index (χ0v) is 6.86. The van der Waals surface area contributed by atoms with E-state index >= 15 is 0 Å². The molecule has 0 aliphatic rings. The van der Waals surface area contributed by atoms with Crippen molar-refractivity contribution in [2.45, 2.75) is 0 Å². The number of oxazole rings is 1. The third-order valence-electron chi connectivity index (χ3n) is 1.69. The first-order chi connectivity index (χ1) is 6.31. The molecule has 0 atom stereocenters. The van der Waals surface area contributed by atoms with Crippen molar-refractivity contribution in [2.75, 3.05) is 0 Å². The maximum atomic E-state index is 11.1. The molecule has 3 nitrogen and oxygen atoms in total. The number of benzene rings is 1. The molecule has 1 heterocycles. The van der Waals surface area contributed by atoms with Crippen LogP contribution in [0.25, 0.3) is 11.1 Å². The maximum absolute atomic E-state index is 11.1. The molecule has 0 aliphatic carbocycles. The Morgan fingerprint density at radius 1 is 1.46 bits per heavy atom. The molecule has 0 radical (unpaired) electrons. The van der Waals surface area contributed by atoms with Crippen molar-refractivity contribution in [3.63, 3.8) is 0 Å². The van der Waals surface area contributed by atoms with Crippen LogP contribution in [0.4, 0.5) is 0 Å². The average Bonchev–Trinajstić information content (AvgIpc) is 2.59. The number of nitrogens with zero attached hydrogens (tertiary/aromatic N) is 1. The van der Waals surface area contributed by atoms with Crippen LogP contribution in [0.5, 0.6) is 0 Å². The van der Waals surface area contributed by atoms with Gasteiger partial charge in [-0.15, -0.1) is 0 Å². The molecule has 0 aliphatic heterocycles. The van der Waals surface area contributed by atoms with E-state index in [0.717, 1.165) is 0 Å². The third-order valence-corrected chi connectivity index (χ3v) is 1.69. The molecule has 0 amide bonds. The van der Waals surface area contributed by atoms with Crippen molar-refractivity contribution in [3.05, 3.63) is 42.8 Å². The fourth-order valence-corrected chi connectivity index (χ4v) is 1.06. The van der Waals surface area contributed by atoms with Crippen molar-refractivity contribution in [1.29, 1.82) is 0 Å². The number of allylic oxidation sites excluding steroid dienone is 1. The highest BCUT2D eigenvalue weighted by atomic mass is 16.4. The van der Waals surface area contributed by atoms with Gasteiger partial charge in [0.15, 0.2) is 5.58 Å². The van der Waals surface area contributed by atoms with E-state index < -0.39 is 0 Å². The van der Waals surface area contributed by atoms with E-state index in [-0.39, 0.29) is 11.7 Å². The third kappa shape index (κ3) is 1.24. The normalized spacial score (nSPS) is 10.2. The minimum atomic E-state index is -0.295. The predicted octanol–water partition coefficient (Wildman–Crippen LogP) is 2.20. The topological polar surface area (TPSA) is 43.1 Å². The van der Waals surface area contributed by atoms with Gasteiger partial charge in [0.25, 0.3) is 5.89 Å². The molecule has 1 aromatic heterocycles. The quantitative estimate of drug-likeness (QED) is 0.516. The van der Waals surface area contributed by atoms with Gasteiger partial charge in [-0.1, -0.05) is 18.7 Å². The van der Waals surface area contributed by atoms with Crippen LogP contribution in [-0.4, -0.2) is 10.8 Å². The molecule has 64 valence electrons. The van der Waals surface area contributed by atoms with Crippen LogP contribution in [0.3, 0.4) is 0 Å². The standard InChI is InChI=1S/C10H7NO2/c1-2-8(12)10-11-7-5-3-4-6-9(7)13-10/h2-6H,1H2. The Hall–Kier alpha value is -1.90. The zero-order chi connectivity index (χ0) is 9.26. The van der Waals surface area contributed by atoms with Crippen molar-refractivity contribution >= 4 is 16.9 Å². The van der Waals surface area contributed by atoms with E-state index in [9.17, 15) is 4.79 Å². The van der Waals surface area contributed by atoms with Gasteiger partial charge in [0.05, 0.1) is 0 Å². The van der Waals surface area contributed by atoms with Crippen LogP contribution in [0.15, 0.2) is 41.3 Å². The van der Waals surface area contributed by atoms with Gasteiger partial charge in [0.2, 0.25) is 5.78 Å². The molecule has 2 rings (SSSR count). The van der Waals surface area contributed by atoms with Gasteiger partial charge in [-0.3, -0.25) is 4.79 Å². The summed E-state index contributed by atoms with van der Waals surface area (Å²) in [5, 5.41) is 0.